The number of phosphoric acid groups is 1. The first-order valence-electron chi connectivity index (χ1n) is 29.9. The smallest absolute Gasteiger partial charge is 0.456 e. The van der Waals surface area contributed by atoms with Crippen LogP contribution in [0.5, 0.6) is 0 Å². The van der Waals surface area contributed by atoms with Crippen LogP contribution in [0.1, 0.15) is 252 Å². The highest BCUT2D eigenvalue weighted by atomic mass is 31.2. The summed E-state index contributed by atoms with van der Waals surface area (Å²) in [5, 5.41) is 3.04. The quantitative estimate of drug-likeness (QED) is 0.0205. The lowest BCUT2D eigenvalue weighted by molar-refractivity contribution is -0.870. The monoisotopic (exact) mass is 1040 g/mol. The van der Waals surface area contributed by atoms with Crippen LogP contribution in [-0.2, 0) is 27.9 Å². The Kier molecular flexibility index (Phi) is 50.6. The fraction of sp³-hybridized carbons (Fsp3) is 0.746. The van der Waals surface area contributed by atoms with Crippen molar-refractivity contribution in [1.82, 2.24) is 5.32 Å². The summed E-state index contributed by atoms with van der Waals surface area (Å²) in [5.41, 5.74) is 0. The molecule has 3 atom stereocenters. The Bertz CT molecular complexity index is 1530. The highest BCUT2D eigenvalue weighted by Crippen LogP contribution is 2.43. The summed E-state index contributed by atoms with van der Waals surface area (Å²) in [5.74, 6) is -0.535. The molecular weight excluding hydrogens is 928 g/mol. The number of unbranched alkanes of at least 4 members (excludes halogenated alkanes) is 25. The normalized spacial score (nSPS) is 14.3. The first-order valence-corrected chi connectivity index (χ1v) is 31.4. The van der Waals surface area contributed by atoms with Crippen LogP contribution in [0.2, 0.25) is 0 Å². The molecule has 0 aliphatic carbocycles. The molecule has 0 aromatic rings. The molecule has 0 saturated carbocycles. The van der Waals surface area contributed by atoms with Gasteiger partial charge in [0.2, 0.25) is 5.91 Å². The number of hydrogen-bond acceptors (Lipinski definition) is 6. The third-order valence-corrected chi connectivity index (χ3v) is 13.8. The van der Waals surface area contributed by atoms with E-state index in [4.69, 9.17) is 13.8 Å². The van der Waals surface area contributed by atoms with Gasteiger partial charge in [-0.05, 0) is 83.1 Å². The van der Waals surface area contributed by atoms with Gasteiger partial charge in [0.15, 0.2) is 0 Å². The minimum absolute atomic E-state index is 0.0336. The Balaban J connectivity index is 5.30. The van der Waals surface area contributed by atoms with Gasteiger partial charge in [0.25, 0.3) is 0 Å². The van der Waals surface area contributed by atoms with Crippen LogP contribution in [0.15, 0.2) is 85.1 Å². The SMILES string of the molecule is CC/C=C\C/C=C\C/C=C\C/C=C\C/C=C\C/C=C\CCCCCCC(=O)OC(/C=C\CCCCCCCCCCCCC)C(COP(=O)(O)OCC[N+](C)(C)C)NC(=O)CCCCCCCCCCCCC. The van der Waals surface area contributed by atoms with E-state index in [1.54, 1.807) is 0 Å². The Morgan fingerprint density at radius 1 is 0.493 bits per heavy atom. The fourth-order valence-electron chi connectivity index (χ4n) is 8.24. The Morgan fingerprint density at radius 2 is 0.877 bits per heavy atom. The van der Waals surface area contributed by atoms with Gasteiger partial charge < -0.3 is 19.4 Å². The number of ether oxygens (including phenoxy) is 1. The molecule has 1 amide bonds. The number of quaternary nitrogens is 1. The van der Waals surface area contributed by atoms with E-state index in [9.17, 15) is 19.0 Å². The van der Waals surface area contributed by atoms with Gasteiger partial charge in [-0.25, -0.2) is 4.57 Å². The van der Waals surface area contributed by atoms with Crippen molar-refractivity contribution in [3.8, 4) is 0 Å². The van der Waals surface area contributed by atoms with Gasteiger partial charge in [-0.1, -0.05) is 241 Å². The maximum atomic E-state index is 13.5. The molecule has 0 bridgehead atoms. The fourth-order valence-corrected chi connectivity index (χ4v) is 8.97. The van der Waals surface area contributed by atoms with E-state index in [1.165, 1.54) is 109 Å². The van der Waals surface area contributed by atoms with Crippen molar-refractivity contribution in [2.75, 3.05) is 40.9 Å². The maximum absolute atomic E-state index is 13.5. The van der Waals surface area contributed by atoms with Crippen molar-refractivity contribution in [3.05, 3.63) is 85.1 Å². The molecular formula is C63H114N2O7P+. The van der Waals surface area contributed by atoms with Gasteiger partial charge in [0.05, 0.1) is 33.8 Å². The zero-order valence-corrected chi connectivity index (χ0v) is 49.0. The molecule has 10 heteroatoms. The lowest BCUT2D eigenvalue weighted by Crippen LogP contribution is -2.47. The van der Waals surface area contributed by atoms with E-state index in [1.807, 2.05) is 33.3 Å². The number of esters is 1. The van der Waals surface area contributed by atoms with Crippen LogP contribution in [0.25, 0.3) is 0 Å². The molecule has 3 unspecified atom stereocenters. The van der Waals surface area contributed by atoms with Crippen LogP contribution >= 0.6 is 7.82 Å². The summed E-state index contributed by atoms with van der Waals surface area (Å²) in [6.07, 6.45) is 68.6. The molecule has 0 aliphatic rings. The molecule has 0 rings (SSSR count). The molecule has 9 nitrogen and oxygen atoms in total. The van der Waals surface area contributed by atoms with E-state index in [-0.39, 0.29) is 31.5 Å². The van der Waals surface area contributed by atoms with Crippen molar-refractivity contribution in [2.45, 2.75) is 264 Å². The molecule has 422 valence electrons. The first kappa shape index (κ1) is 70.2. The highest BCUT2D eigenvalue weighted by molar-refractivity contribution is 7.47. The third-order valence-electron chi connectivity index (χ3n) is 12.8. The van der Waals surface area contributed by atoms with E-state index in [2.05, 4.69) is 99.0 Å². The van der Waals surface area contributed by atoms with Gasteiger partial charge in [-0.2, -0.15) is 0 Å². The topological polar surface area (TPSA) is 111 Å². The van der Waals surface area contributed by atoms with Crippen molar-refractivity contribution < 1.29 is 37.3 Å². The maximum Gasteiger partial charge on any atom is 0.472 e. The van der Waals surface area contributed by atoms with Crippen LogP contribution in [0.4, 0.5) is 0 Å². The van der Waals surface area contributed by atoms with Crippen molar-refractivity contribution in [1.29, 1.82) is 0 Å². The molecule has 0 saturated heterocycles. The van der Waals surface area contributed by atoms with Gasteiger partial charge in [-0.15, -0.1) is 0 Å². The van der Waals surface area contributed by atoms with Crippen molar-refractivity contribution in [2.24, 2.45) is 0 Å². The van der Waals surface area contributed by atoms with E-state index < -0.39 is 20.0 Å². The number of carbonyl (C=O) groups is 2. The average molecular weight is 1040 g/mol. The first-order chi connectivity index (χ1) is 35.4. The summed E-state index contributed by atoms with van der Waals surface area (Å²) in [7, 11) is 1.48. The number of nitrogens with zero attached hydrogens (tertiary/aromatic N) is 1. The Labute approximate surface area is 450 Å². The number of hydrogen-bond donors (Lipinski definition) is 2. The molecule has 73 heavy (non-hydrogen) atoms. The molecule has 0 aromatic carbocycles. The zero-order valence-electron chi connectivity index (χ0n) is 48.1. The van der Waals surface area contributed by atoms with Crippen LogP contribution < -0.4 is 5.32 Å². The van der Waals surface area contributed by atoms with Gasteiger partial charge in [-0.3, -0.25) is 18.6 Å². The number of nitrogens with one attached hydrogen (secondary N) is 1. The highest BCUT2D eigenvalue weighted by Gasteiger charge is 2.30. The van der Waals surface area contributed by atoms with E-state index in [0.717, 1.165) is 103 Å². The predicted molar refractivity (Wildman–Crippen MR) is 314 cm³/mol. The second-order valence-electron chi connectivity index (χ2n) is 21.1. The summed E-state index contributed by atoms with van der Waals surface area (Å²) in [4.78, 5) is 37.6. The lowest BCUT2D eigenvalue weighted by atomic mass is 10.0. The summed E-state index contributed by atoms with van der Waals surface area (Å²) in [6.45, 7) is 6.87. The number of rotatable bonds is 53. The molecule has 0 aromatic heterocycles. The van der Waals surface area contributed by atoms with E-state index in [0.29, 0.717) is 23.9 Å². The van der Waals surface area contributed by atoms with E-state index >= 15 is 0 Å². The molecule has 0 aliphatic heterocycles. The van der Waals surface area contributed by atoms with Crippen molar-refractivity contribution in [3.63, 3.8) is 0 Å². The van der Waals surface area contributed by atoms with Gasteiger partial charge >= 0.3 is 13.8 Å². The largest absolute Gasteiger partial charge is 0.472 e. The second-order valence-corrected chi connectivity index (χ2v) is 22.6. The van der Waals surface area contributed by atoms with Crippen molar-refractivity contribution >= 4 is 19.7 Å². The summed E-state index contributed by atoms with van der Waals surface area (Å²) < 4.78 is 30.6. The molecule has 0 heterocycles. The predicted octanol–water partition coefficient (Wildman–Crippen LogP) is 18.2. The Morgan fingerprint density at radius 3 is 1.32 bits per heavy atom. The van der Waals surface area contributed by atoms with Gasteiger partial charge in [0, 0.05) is 12.8 Å². The summed E-state index contributed by atoms with van der Waals surface area (Å²) >= 11 is 0. The van der Waals surface area contributed by atoms with Crippen LogP contribution in [-0.4, -0.2) is 74.3 Å². The number of phosphoric ester groups is 1. The molecule has 0 spiro atoms. The summed E-state index contributed by atoms with van der Waals surface area (Å²) in [6, 6.07) is -0.860. The Hall–Kier alpha value is -2.81. The lowest BCUT2D eigenvalue weighted by Gasteiger charge is -2.27. The van der Waals surface area contributed by atoms with Crippen LogP contribution in [0, 0.1) is 0 Å². The average Bonchev–Trinajstić information content (AvgIpc) is 3.35. The second kappa shape index (κ2) is 52.6. The minimum atomic E-state index is -4.45. The minimum Gasteiger partial charge on any atom is -0.456 e. The number of amides is 1. The number of likely N-dealkylation sites (N-methyl/N-ethyl adjacent to an activating group) is 1. The molecule has 0 radical (unpaired) electrons. The third kappa shape index (κ3) is 53.8. The van der Waals surface area contributed by atoms with Crippen LogP contribution in [0.3, 0.4) is 0 Å². The standard InChI is InChI=1S/C63H113N2O7P/c1-7-10-13-16-19-22-25-27-28-29-30-31-32-33-34-35-36-38-41-44-47-50-53-56-63(67)72-61(54-51-48-45-42-40-37-26-23-20-17-14-11-8-2)60(59-71-73(68,69)70-58-57-65(4,5)6)64-62(66)55-52-49-46-43-39-24-21-18-15-12-9-3/h10,13,19,22,27-28,30-31,33-34,36,38,51,54,60-61H,7-9,11-12,14-18,20-21,23-26,29,32,35,37,39-50,52-53,55-59H2,1-6H3,(H-,64,66,68,69)/p+1/b13-10-,22-19-,28-27-,31-30-,34-33-,38-36-,54-51-. The number of carbonyl (C=O) groups excluding carboxylic acids is 2. The molecule has 2 N–H and O–H groups in total. The molecule has 0 fully saturated rings. The number of allylic oxidation sites excluding steroid dienone is 13. The zero-order chi connectivity index (χ0) is 53.6. The van der Waals surface area contributed by atoms with Gasteiger partial charge in [0.1, 0.15) is 19.3 Å².